The second-order valence-electron chi connectivity index (χ2n) is 2.74. The van der Waals surface area contributed by atoms with Gasteiger partial charge in [0.1, 0.15) is 0 Å². The van der Waals surface area contributed by atoms with E-state index >= 15 is 0 Å². The zero-order valence-electron chi connectivity index (χ0n) is 7.40. The normalized spacial score (nSPS) is 15.9. The van der Waals surface area contributed by atoms with Crippen molar-refractivity contribution in [3.63, 3.8) is 0 Å². The summed E-state index contributed by atoms with van der Waals surface area (Å²) < 4.78 is -2.28. The molecule has 0 spiro atoms. The highest BCUT2D eigenvalue weighted by atomic mass is 33.2. The molecule has 0 saturated carbocycles. The van der Waals surface area contributed by atoms with Crippen molar-refractivity contribution in [1.82, 2.24) is 0 Å². The highest BCUT2D eigenvalue weighted by molar-refractivity contribution is 8.94. The third-order valence-electron chi connectivity index (χ3n) is 1.51. The first-order valence-electron chi connectivity index (χ1n) is 4.26. The minimum Gasteiger partial charge on any atom is -0.350 e. The third kappa shape index (κ3) is 11.3. The van der Waals surface area contributed by atoms with E-state index in [0.717, 1.165) is 12.2 Å². The van der Waals surface area contributed by atoms with Crippen molar-refractivity contribution >= 4 is 40.1 Å². The molecular formula is C7H17OPS3. The predicted molar refractivity (Wildman–Crippen MR) is 66.7 cm³/mol. The van der Waals surface area contributed by atoms with Crippen LogP contribution in [-0.2, 0) is 11.8 Å². The van der Waals surface area contributed by atoms with Crippen molar-refractivity contribution < 1.29 is 4.89 Å². The first-order chi connectivity index (χ1) is 5.56. The van der Waals surface area contributed by atoms with Crippen molar-refractivity contribution in [2.75, 3.05) is 5.75 Å². The van der Waals surface area contributed by atoms with Crippen LogP contribution < -0.4 is 0 Å². The number of hydrogen-bond donors (Lipinski definition) is 2. The summed E-state index contributed by atoms with van der Waals surface area (Å²) in [6.45, 7) is 2.20. The van der Waals surface area contributed by atoms with E-state index in [9.17, 15) is 4.89 Å². The molecule has 5 heteroatoms. The van der Waals surface area contributed by atoms with Crippen LogP contribution in [0.2, 0.25) is 0 Å². The topological polar surface area (TPSA) is 20.2 Å². The van der Waals surface area contributed by atoms with Gasteiger partial charge in [0.05, 0.1) is 0 Å². The van der Waals surface area contributed by atoms with Gasteiger partial charge in [-0.2, -0.15) is 0 Å². The van der Waals surface area contributed by atoms with Gasteiger partial charge in [0.2, 0.25) is 0 Å². The predicted octanol–water partition coefficient (Wildman–Crippen LogP) is 3.84. The van der Waals surface area contributed by atoms with Crippen molar-refractivity contribution in [1.29, 1.82) is 0 Å². The molecule has 0 aliphatic rings. The Morgan fingerprint density at radius 1 is 1.33 bits per heavy atom. The van der Waals surface area contributed by atoms with Gasteiger partial charge in [-0.3, -0.25) is 0 Å². The second kappa shape index (κ2) is 7.69. The van der Waals surface area contributed by atoms with Crippen molar-refractivity contribution in [3.8, 4) is 0 Å². The molecule has 1 nitrogen and oxygen atoms in total. The maximum absolute atomic E-state index is 9.17. The van der Waals surface area contributed by atoms with Crippen LogP contribution in [0, 0.1) is 0 Å². The van der Waals surface area contributed by atoms with Crippen LogP contribution in [0.3, 0.4) is 0 Å². The first-order valence-corrected chi connectivity index (χ1v) is 9.76. The Morgan fingerprint density at radius 2 is 1.92 bits per heavy atom. The smallest absolute Gasteiger partial charge is 0.169 e. The molecule has 0 bridgehead atoms. The summed E-state index contributed by atoms with van der Waals surface area (Å²) in [5, 5.41) is 0. The lowest BCUT2D eigenvalue weighted by Gasteiger charge is -2.05. The average molecular weight is 244 g/mol. The van der Waals surface area contributed by atoms with E-state index in [1.54, 1.807) is 0 Å². The summed E-state index contributed by atoms with van der Waals surface area (Å²) >= 11 is 10.2. The lowest BCUT2D eigenvalue weighted by atomic mass is 10.2. The van der Waals surface area contributed by atoms with Gasteiger partial charge in [-0.25, -0.2) is 0 Å². The molecule has 0 amide bonds. The largest absolute Gasteiger partial charge is 0.350 e. The van der Waals surface area contributed by atoms with Crippen molar-refractivity contribution in [2.24, 2.45) is 0 Å². The summed E-state index contributed by atoms with van der Waals surface area (Å²) in [6, 6.07) is 0. The third-order valence-corrected chi connectivity index (χ3v) is 5.86. The van der Waals surface area contributed by atoms with E-state index in [-0.39, 0.29) is 0 Å². The molecule has 74 valence electrons. The van der Waals surface area contributed by atoms with Gasteiger partial charge in [-0.05, 0) is 18.2 Å². The molecule has 0 aliphatic carbocycles. The van der Waals surface area contributed by atoms with E-state index in [4.69, 9.17) is 11.8 Å². The van der Waals surface area contributed by atoms with Crippen LogP contribution in [-0.4, -0.2) is 10.6 Å². The fourth-order valence-corrected chi connectivity index (χ4v) is 3.97. The number of hydrogen-bond acceptors (Lipinski definition) is 2. The maximum Gasteiger partial charge on any atom is 0.169 e. The Bertz CT molecular complexity index is 146. The van der Waals surface area contributed by atoms with Crippen LogP contribution in [0.4, 0.5) is 0 Å². The molecule has 1 atom stereocenters. The fourth-order valence-electron chi connectivity index (χ4n) is 0.889. The molecule has 0 aromatic carbocycles. The van der Waals surface area contributed by atoms with Gasteiger partial charge in [0.25, 0.3) is 0 Å². The molecular weight excluding hydrogens is 227 g/mol. The van der Waals surface area contributed by atoms with Crippen LogP contribution >= 0.6 is 28.3 Å². The minimum atomic E-state index is -2.28. The lowest BCUT2D eigenvalue weighted by molar-refractivity contribution is 0.652. The highest BCUT2D eigenvalue weighted by Crippen LogP contribution is 2.59. The molecule has 1 unspecified atom stereocenters. The van der Waals surface area contributed by atoms with Gasteiger partial charge in [0.15, 0.2) is 4.67 Å². The Labute approximate surface area is 89.7 Å². The summed E-state index contributed by atoms with van der Waals surface area (Å²) in [6.07, 6.45) is 6.31. The molecule has 0 fully saturated rings. The summed E-state index contributed by atoms with van der Waals surface area (Å²) in [5.74, 6) is 0.959. The molecule has 0 rings (SSSR count). The number of unbranched alkanes of at least 4 members (excludes halogenated alkanes) is 4. The molecule has 0 saturated heterocycles. The quantitative estimate of drug-likeness (QED) is 0.403. The van der Waals surface area contributed by atoms with E-state index in [1.165, 1.54) is 37.1 Å². The summed E-state index contributed by atoms with van der Waals surface area (Å²) in [4.78, 5) is 9.17. The van der Waals surface area contributed by atoms with Gasteiger partial charge >= 0.3 is 0 Å². The van der Waals surface area contributed by atoms with Crippen LogP contribution in [0.25, 0.3) is 0 Å². The number of rotatable bonds is 7. The zero-order chi connectivity index (χ0) is 9.45. The van der Waals surface area contributed by atoms with Crippen LogP contribution in [0.1, 0.15) is 39.0 Å². The molecule has 12 heavy (non-hydrogen) atoms. The zero-order valence-corrected chi connectivity index (χ0v) is 10.8. The Hall–Kier alpha value is 1.31. The SMILES string of the molecule is CCCCCCCSP(O)(=S)S. The van der Waals surface area contributed by atoms with Crippen LogP contribution in [0.5, 0.6) is 0 Å². The Morgan fingerprint density at radius 3 is 2.42 bits per heavy atom. The van der Waals surface area contributed by atoms with Crippen molar-refractivity contribution in [3.05, 3.63) is 0 Å². The van der Waals surface area contributed by atoms with Gasteiger partial charge in [-0.1, -0.05) is 44.0 Å². The van der Waals surface area contributed by atoms with Gasteiger partial charge < -0.3 is 4.89 Å². The maximum atomic E-state index is 9.17. The molecule has 0 radical (unpaired) electrons. The highest BCUT2D eigenvalue weighted by Gasteiger charge is 2.04. The van der Waals surface area contributed by atoms with Gasteiger partial charge in [-0.15, -0.1) is 12.2 Å². The second-order valence-corrected chi connectivity index (χ2v) is 12.4. The fraction of sp³-hybridized carbons (Fsp3) is 1.00. The van der Waals surface area contributed by atoms with Gasteiger partial charge in [0, 0.05) is 5.75 Å². The Balaban J connectivity index is 3.06. The molecule has 1 N–H and O–H groups in total. The van der Waals surface area contributed by atoms with E-state index < -0.39 is 4.67 Å². The van der Waals surface area contributed by atoms with E-state index in [0.29, 0.717) is 0 Å². The molecule has 0 aromatic heterocycles. The monoisotopic (exact) mass is 244 g/mol. The molecule has 0 heterocycles. The average Bonchev–Trinajstić information content (AvgIpc) is 1.94. The van der Waals surface area contributed by atoms with E-state index in [2.05, 4.69) is 19.2 Å². The first kappa shape index (κ1) is 13.3. The summed E-state index contributed by atoms with van der Waals surface area (Å²) in [5.41, 5.74) is 0. The standard InChI is InChI=1S/C7H17OPS3/c1-2-3-4-5-6-7-12-9(8,10)11/h2-7H2,1H3,(H2,8,10,11). The Kier molecular flexibility index (Phi) is 8.53. The minimum absolute atomic E-state index is 0.959. The number of thiol groups is 1. The molecule has 0 aliphatic heterocycles. The van der Waals surface area contributed by atoms with E-state index in [1.807, 2.05) is 0 Å². The lowest BCUT2D eigenvalue weighted by Crippen LogP contribution is -1.80. The van der Waals surface area contributed by atoms with Crippen molar-refractivity contribution in [2.45, 2.75) is 39.0 Å². The van der Waals surface area contributed by atoms with Crippen LogP contribution in [0.15, 0.2) is 0 Å². The summed E-state index contributed by atoms with van der Waals surface area (Å²) in [7, 11) is 0. The molecule has 0 aromatic rings.